The molecule has 2 heteroatoms. The van der Waals surface area contributed by atoms with Gasteiger partial charge in [0.1, 0.15) is 0 Å². The highest BCUT2D eigenvalue weighted by atomic mass is 16.1. The Labute approximate surface area is 83.6 Å². The molecule has 0 saturated carbocycles. The fourth-order valence-electron chi connectivity index (χ4n) is 2.61. The highest BCUT2D eigenvalue weighted by Gasteiger charge is 2.32. The number of allylic oxidation sites excluding steroid dienone is 4. The average Bonchev–Trinajstić information content (AvgIpc) is 2.24. The zero-order chi connectivity index (χ0) is 9.54. The van der Waals surface area contributed by atoms with Gasteiger partial charge in [0, 0.05) is 36.4 Å². The second-order valence-corrected chi connectivity index (χ2v) is 4.13. The zero-order valence-electron chi connectivity index (χ0n) is 8.07. The number of Topliss-reactive ketones (excluding diaryl/α,β-unsaturated/α-hetero) is 1. The highest BCUT2D eigenvalue weighted by Crippen LogP contribution is 2.38. The fourth-order valence-corrected chi connectivity index (χ4v) is 2.61. The maximum absolute atomic E-state index is 11.7. The van der Waals surface area contributed by atoms with Crippen molar-refractivity contribution in [1.82, 2.24) is 4.90 Å². The van der Waals surface area contributed by atoms with Gasteiger partial charge in [0.2, 0.25) is 0 Å². The van der Waals surface area contributed by atoms with Gasteiger partial charge < -0.3 is 4.90 Å². The first-order chi connectivity index (χ1) is 6.86. The van der Waals surface area contributed by atoms with Crippen LogP contribution in [0.1, 0.15) is 19.3 Å². The fraction of sp³-hybridized carbons (Fsp3) is 0.417. The largest absolute Gasteiger partial charge is 0.347 e. The van der Waals surface area contributed by atoms with Gasteiger partial charge in [0.05, 0.1) is 0 Å². The predicted octanol–water partition coefficient (Wildman–Crippen LogP) is 2.01. The minimum absolute atomic E-state index is 0.326. The van der Waals surface area contributed by atoms with E-state index in [4.69, 9.17) is 0 Å². The second kappa shape index (κ2) is 2.84. The molecule has 14 heavy (non-hydrogen) atoms. The molecule has 1 atom stereocenters. The molecule has 0 radical (unpaired) electrons. The second-order valence-electron chi connectivity index (χ2n) is 4.13. The maximum atomic E-state index is 11.7. The number of hydrogen-bond donors (Lipinski definition) is 0. The van der Waals surface area contributed by atoms with Gasteiger partial charge in [-0.15, -0.1) is 0 Å². The summed E-state index contributed by atoms with van der Waals surface area (Å²) in [7, 11) is 0. The van der Waals surface area contributed by atoms with Crippen molar-refractivity contribution in [3.63, 3.8) is 0 Å². The van der Waals surface area contributed by atoms with Crippen LogP contribution in [0, 0.1) is 5.92 Å². The van der Waals surface area contributed by atoms with Crippen molar-refractivity contribution in [2.45, 2.75) is 19.3 Å². The first kappa shape index (κ1) is 8.04. The number of carbonyl (C=O) groups is 1. The van der Waals surface area contributed by atoms with Gasteiger partial charge in [0.25, 0.3) is 0 Å². The van der Waals surface area contributed by atoms with Crippen molar-refractivity contribution >= 4 is 5.78 Å². The minimum Gasteiger partial charge on any atom is -0.347 e. The molecular weight excluding hydrogens is 174 g/mol. The molecule has 0 aromatic rings. The lowest BCUT2D eigenvalue weighted by Crippen LogP contribution is -2.34. The molecule has 72 valence electrons. The third-order valence-corrected chi connectivity index (χ3v) is 3.28. The third kappa shape index (κ3) is 0.999. The molecule has 0 N–H and O–H groups in total. The van der Waals surface area contributed by atoms with Gasteiger partial charge >= 0.3 is 0 Å². The topological polar surface area (TPSA) is 20.3 Å². The van der Waals surface area contributed by atoms with E-state index in [0.717, 1.165) is 31.4 Å². The summed E-state index contributed by atoms with van der Waals surface area (Å²) in [5, 5.41) is 0. The Morgan fingerprint density at radius 3 is 3.21 bits per heavy atom. The van der Waals surface area contributed by atoms with Crippen molar-refractivity contribution in [2.75, 3.05) is 6.54 Å². The molecule has 2 aliphatic heterocycles. The molecule has 2 heterocycles. The number of ketones is 1. The molecule has 1 unspecified atom stereocenters. The first-order valence-electron chi connectivity index (χ1n) is 5.23. The average molecular weight is 187 g/mol. The summed E-state index contributed by atoms with van der Waals surface area (Å²) in [4.78, 5) is 13.9. The summed E-state index contributed by atoms with van der Waals surface area (Å²) in [6.07, 6.45) is 11.3. The summed E-state index contributed by atoms with van der Waals surface area (Å²) in [6.45, 7) is 0.930. The van der Waals surface area contributed by atoms with Gasteiger partial charge in [-0.25, -0.2) is 0 Å². The van der Waals surface area contributed by atoms with Crippen LogP contribution in [0.2, 0.25) is 0 Å². The van der Waals surface area contributed by atoms with Gasteiger partial charge in [0.15, 0.2) is 5.78 Å². The minimum atomic E-state index is 0.326. The van der Waals surface area contributed by atoms with Crippen LogP contribution in [0.3, 0.4) is 0 Å². The Bertz CT molecular complexity index is 376. The van der Waals surface area contributed by atoms with Crippen LogP contribution in [-0.4, -0.2) is 17.2 Å². The SMILES string of the molecule is O=C1CCC2CC=CN3CC=CC1=C23. The summed E-state index contributed by atoms with van der Waals surface area (Å²) in [5.41, 5.74) is 2.25. The lowest BCUT2D eigenvalue weighted by molar-refractivity contribution is -0.116. The van der Waals surface area contributed by atoms with Crippen LogP contribution in [0.15, 0.2) is 35.7 Å². The van der Waals surface area contributed by atoms with Gasteiger partial charge in [-0.2, -0.15) is 0 Å². The smallest absolute Gasteiger partial charge is 0.164 e. The van der Waals surface area contributed by atoms with E-state index in [1.165, 1.54) is 5.70 Å². The van der Waals surface area contributed by atoms with E-state index in [-0.39, 0.29) is 0 Å². The van der Waals surface area contributed by atoms with Crippen molar-refractivity contribution in [2.24, 2.45) is 5.92 Å². The summed E-state index contributed by atoms with van der Waals surface area (Å²) in [5.74, 6) is 0.921. The molecule has 0 bridgehead atoms. The van der Waals surface area contributed by atoms with Crippen LogP contribution < -0.4 is 0 Å². The summed E-state index contributed by atoms with van der Waals surface area (Å²) >= 11 is 0. The molecule has 0 aromatic carbocycles. The Morgan fingerprint density at radius 1 is 1.36 bits per heavy atom. The molecule has 0 saturated heterocycles. The molecular formula is C12H13NO. The zero-order valence-corrected chi connectivity index (χ0v) is 8.07. The van der Waals surface area contributed by atoms with Crippen LogP contribution in [0.5, 0.6) is 0 Å². The molecule has 1 aliphatic carbocycles. The third-order valence-electron chi connectivity index (χ3n) is 3.28. The van der Waals surface area contributed by atoms with E-state index in [9.17, 15) is 4.79 Å². The Kier molecular flexibility index (Phi) is 1.63. The normalized spacial score (nSPS) is 29.6. The van der Waals surface area contributed by atoms with Crippen LogP contribution in [0.4, 0.5) is 0 Å². The molecule has 3 rings (SSSR count). The maximum Gasteiger partial charge on any atom is 0.164 e. The quantitative estimate of drug-likeness (QED) is 0.578. The van der Waals surface area contributed by atoms with E-state index in [2.05, 4.69) is 23.3 Å². The van der Waals surface area contributed by atoms with Crippen LogP contribution in [-0.2, 0) is 4.79 Å². The molecule has 3 aliphatic rings. The molecule has 2 nitrogen and oxygen atoms in total. The molecule has 0 aromatic heterocycles. The monoisotopic (exact) mass is 187 g/mol. The van der Waals surface area contributed by atoms with Crippen molar-refractivity contribution in [3.8, 4) is 0 Å². The van der Waals surface area contributed by atoms with Crippen LogP contribution >= 0.6 is 0 Å². The van der Waals surface area contributed by atoms with Gasteiger partial charge in [-0.05, 0) is 12.8 Å². The van der Waals surface area contributed by atoms with Gasteiger partial charge in [-0.1, -0.05) is 18.2 Å². The molecule has 0 fully saturated rings. The van der Waals surface area contributed by atoms with E-state index >= 15 is 0 Å². The number of carbonyl (C=O) groups excluding carboxylic acids is 1. The molecule has 0 spiro atoms. The summed E-state index contributed by atoms with van der Waals surface area (Å²) in [6, 6.07) is 0. The van der Waals surface area contributed by atoms with Crippen molar-refractivity contribution < 1.29 is 4.79 Å². The number of nitrogens with zero attached hydrogens (tertiary/aromatic N) is 1. The van der Waals surface area contributed by atoms with Crippen molar-refractivity contribution in [1.29, 1.82) is 0 Å². The van der Waals surface area contributed by atoms with E-state index < -0.39 is 0 Å². The van der Waals surface area contributed by atoms with Crippen LogP contribution in [0.25, 0.3) is 0 Å². The lowest BCUT2D eigenvalue weighted by Gasteiger charge is -2.38. The van der Waals surface area contributed by atoms with E-state index in [0.29, 0.717) is 11.7 Å². The predicted molar refractivity (Wildman–Crippen MR) is 54.4 cm³/mol. The Balaban J connectivity index is 2.15. The first-order valence-corrected chi connectivity index (χ1v) is 5.23. The van der Waals surface area contributed by atoms with Crippen molar-refractivity contribution in [3.05, 3.63) is 35.7 Å². The number of hydrogen-bond acceptors (Lipinski definition) is 2. The molecule has 0 amide bonds. The highest BCUT2D eigenvalue weighted by molar-refractivity contribution is 5.99. The Hall–Kier alpha value is -1.31. The Morgan fingerprint density at radius 2 is 2.29 bits per heavy atom. The van der Waals surface area contributed by atoms with E-state index in [1.54, 1.807) is 0 Å². The lowest BCUT2D eigenvalue weighted by atomic mass is 9.81. The van der Waals surface area contributed by atoms with E-state index in [1.807, 2.05) is 6.08 Å². The standard InChI is InChI=1S/C12H13NO/c14-11-6-5-9-3-1-7-13-8-2-4-10(11)12(9)13/h1-2,4,7,9H,3,5-6,8H2. The summed E-state index contributed by atoms with van der Waals surface area (Å²) < 4.78 is 0. The number of rotatable bonds is 0. The van der Waals surface area contributed by atoms with Gasteiger partial charge in [-0.3, -0.25) is 4.79 Å².